The van der Waals surface area contributed by atoms with Gasteiger partial charge in [0.15, 0.2) is 0 Å². The fourth-order valence-corrected chi connectivity index (χ4v) is 8.36. The fraction of sp³-hybridized carbons (Fsp3) is 0.333. The third-order valence-corrected chi connectivity index (χ3v) is 10.4. The summed E-state index contributed by atoms with van der Waals surface area (Å²) in [6, 6.07) is 14.4. The van der Waals surface area contributed by atoms with Crippen molar-refractivity contribution in [3.05, 3.63) is 73.1 Å². The largest absolute Gasteiger partial charge is 0.497 e. The smallest absolute Gasteiger partial charge is 0.308 e. The lowest BCUT2D eigenvalue weighted by atomic mass is 9.83. The minimum atomic E-state index is -0.737. The first kappa shape index (κ1) is 26.3. The molecule has 4 heterocycles. The van der Waals surface area contributed by atoms with Gasteiger partial charge in [-0.25, -0.2) is 4.90 Å². The number of morpholine rings is 1. The molecule has 2 fully saturated rings. The molecular weight excluding hydrogens is 606 g/mol. The van der Waals surface area contributed by atoms with Crippen LogP contribution in [0.15, 0.2) is 62.8 Å². The molecule has 0 N–H and O–H groups in total. The molecule has 3 amide bonds. The number of benzene rings is 2. The van der Waals surface area contributed by atoms with Gasteiger partial charge in [0.25, 0.3) is 0 Å². The Morgan fingerprint density at radius 2 is 1.72 bits per heavy atom. The van der Waals surface area contributed by atoms with E-state index in [1.807, 2.05) is 24.3 Å². The molecule has 2 aromatic carbocycles. The van der Waals surface area contributed by atoms with Crippen molar-refractivity contribution < 1.29 is 23.9 Å². The summed E-state index contributed by atoms with van der Waals surface area (Å²) < 4.78 is 12.9. The van der Waals surface area contributed by atoms with Gasteiger partial charge in [-0.2, -0.15) is 0 Å². The van der Waals surface area contributed by atoms with E-state index in [4.69, 9.17) is 9.47 Å². The van der Waals surface area contributed by atoms with E-state index in [-0.39, 0.29) is 29.1 Å². The first-order chi connectivity index (χ1) is 18.9. The molecule has 2 saturated heterocycles. The van der Waals surface area contributed by atoms with Crippen LogP contribution < -0.4 is 14.5 Å². The number of thioether (sulfide) groups is 1. The van der Waals surface area contributed by atoms with E-state index >= 15 is 0 Å². The molecule has 0 saturated carbocycles. The van der Waals surface area contributed by atoms with Gasteiger partial charge in [0, 0.05) is 28.4 Å². The Morgan fingerprint density at radius 3 is 2.38 bits per heavy atom. The van der Waals surface area contributed by atoms with E-state index in [0.717, 1.165) is 21.4 Å². The van der Waals surface area contributed by atoms with Crippen LogP contribution in [0.2, 0.25) is 0 Å². The number of carbonyl (C=O) groups is 3. The first-order valence-electron chi connectivity index (χ1n) is 12.4. The summed E-state index contributed by atoms with van der Waals surface area (Å²) in [6.07, 6.45) is 0. The maximum absolute atomic E-state index is 13.9. The Labute approximate surface area is 240 Å². The average molecular weight is 631 g/mol. The van der Waals surface area contributed by atoms with Crippen molar-refractivity contribution in [2.75, 3.05) is 38.3 Å². The van der Waals surface area contributed by atoms with Gasteiger partial charge in [0.1, 0.15) is 17.5 Å². The SMILES string of the molecule is COc1ccc(N2C(=O)C3Sc4c(sc(=O)n4CC(=O)N4CCOCC4)C(c4ccc(Br)cc4)C3C2=O)cc1. The highest BCUT2D eigenvalue weighted by atomic mass is 79.9. The monoisotopic (exact) mass is 629 g/mol. The molecule has 39 heavy (non-hydrogen) atoms. The number of thiazole rings is 1. The second-order valence-corrected chi connectivity index (χ2v) is 12.5. The van der Waals surface area contributed by atoms with Crippen LogP contribution in [0, 0.1) is 5.92 Å². The number of methoxy groups -OCH3 is 1. The maximum Gasteiger partial charge on any atom is 0.308 e. The molecule has 1 aromatic heterocycles. The van der Waals surface area contributed by atoms with Crippen molar-refractivity contribution in [2.45, 2.75) is 22.7 Å². The third-order valence-electron chi connectivity index (χ3n) is 7.27. The van der Waals surface area contributed by atoms with Crippen molar-refractivity contribution in [1.29, 1.82) is 0 Å². The van der Waals surface area contributed by atoms with E-state index in [2.05, 4.69) is 15.9 Å². The summed E-state index contributed by atoms with van der Waals surface area (Å²) >= 11 is 5.73. The van der Waals surface area contributed by atoms with E-state index in [1.165, 1.54) is 21.2 Å². The summed E-state index contributed by atoms with van der Waals surface area (Å²) in [5.74, 6) is -1.39. The van der Waals surface area contributed by atoms with Gasteiger partial charge >= 0.3 is 4.87 Å². The lowest BCUT2D eigenvalue weighted by molar-refractivity contribution is -0.136. The lowest BCUT2D eigenvalue weighted by Gasteiger charge is -2.31. The van der Waals surface area contributed by atoms with E-state index < -0.39 is 17.1 Å². The maximum atomic E-state index is 13.9. The van der Waals surface area contributed by atoms with Crippen LogP contribution in [-0.4, -0.2) is 65.9 Å². The normalized spacial score (nSPS) is 22.6. The Morgan fingerprint density at radius 1 is 1.03 bits per heavy atom. The number of imide groups is 1. The van der Waals surface area contributed by atoms with Crippen molar-refractivity contribution in [3.8, 4) is 5.75 Å². The molecule has 3 aliphatic heterocycles. The third kappa shape index (κ3) is 4.62. The van der Waals surface area contributed by atoms with Crippen molar-refractivity contribution in [3.63, 3.8) is 0 Å². The zero-order chi connectivity index (χ0) is 27.3. The van der Waals surface area contributed by atoms with E-state index in [9.17, 15) is 19.2 Å². The second kappa shape index (κ2) is 10.6. The number of carbonyl (C=O) groups excluding carboxylic acids is 3. The van der Waals surface area contributed by atoms with Crippen LogP contribution in [0.4, 0.5) is 5.69 Å². The number of aromatic nitrogens is 1. The quantitative estimate of drug-likeness (QED) is 0.399. The molecule has 0 radical (unpaired) electrons. The fourth-order valence-electron chi connectivity index (χ4n) is 5.32. The predicted octanol–water partition coefficient (Wildman–Crippen LogP) is 3.34. The number of amides is 3. The Hall–Kier alpha value is -2.93. The molecule has 0 aliphatic carbocycles. The molecule has 3 atom stereocenters. The van der Waals surface area contributed by atoms with Crippen molar-refractivity contribution in [2.24, 2.45) is 5.92 Å². The summed E-state index contributed by atoms with van der Waals surface area (Å²) in [6.45, 7) is 1.76. The molecule has 202 valence electrons. The van der Waals surface area contributed by atoms with Gasteiger partial charge in [0.05, 0.1) is 37.0 Å². The van der Waals surface area contributed by atoms with E-state index in [0.29, 0.717) is 47.6 Å². The molecule has 0 bridgehead atoms. The highest BCUT2D eigenvalue weighted by molar-refractivity contribution is 9.10. The summed E-state index contributed by atoms with van der Waals surface area (Å²) in [7, 11) is 1.55. The van der Waals surface area contributed by atoms with Crippen molar-refractivity contribution >= 4 is 62.4 Å². The van der Waals surface area contributed by atoms with Gasteiger partial charge < -0.3 is 14.4 Å². The van der Waals surface area contributed by atoms with Crippen LogP contribution in [0.3, 0.4) is 0 Å². The number of halogens is 1. The molecule has 12 heteroatoms. The summed E-state index contributed by atoms with van der Waals surface area (Å²) in [5, 5.41) is -0.155. The Bertz CT molecular complexity index is 1500. The molecule has 9 nitrogen and oxygen atoms in total. The highest BCUT2D eigenvalue weighted by Gasteiger charge is 2.56. The number of ether oxygens (including phenoxy) is 2. The topological polar surface area (TPSA) is 98.2 Å². The summed E-state index contributed by atoms with van der Waals surface area (Å²) in [5.41, 5.74) is 1.30. The highest BCUT2D eigenvalue weighted by Crippen LogP contribution is 2.54. The number of rotatable bonds is 5. The van der Waals surface area contributed by atoms with Crippen molar-refractivity contribution in [1.82, 2.24) is 9.47 Å². The predicted molar refractivity (Wildman–Crippen MR) is 151 cm³/mol. The summed E-state index contributed by atoms with van der Waals surface area (Å²) in [4.78, 5) is 57.5. The molecule has 6 rings (SSSR count). The second-order valence-electron chi connectivity index (χ2n) is 9.42. The first-order valence-corrected chi connectivity index (χ1v) is 14.9. The standard InChI is InChI=1S/C27H24BrN3O6S2/c1-36-18-8-6-17(7-9-18)31-24(33)21-20(15-2-4-16(28)5-3-15)23-26(38-22(21)25(31)34)30(27(35)39-23)14-19(32)29-10-12-37-13-11-29/h2-9,20-22H,10-14H2,1H3. The molecule has 3 unspecified atom stereocenters. The van der Waals surface area contributed by atoms with E-state index in [1.54, 1.807) is 36.3 Å². The number of anilines is 1. The van der Waals surface area contributed by atoms with Gasteiger partial charge in [-0.15, -0.1) is 0 Å². The van der Waals surface area contributed by atoms with Gasteiger partial charge in [-0.05, 0) is 42.0 Å². The van der Waals surface area contributed by atoms with Gasteiger partial charge in [-0.3, -0.25) is 23.7 Å². The van der Waals surface area contributed by atoms with Crippen LogP contribution in [0.25, 0.3) is 0 Å². The van der Waals surface area contributed by atoms with Gasteiger partial charge in [0.2, 0.25) is 17.7 Å². The number of fused-ring (bicyclic) bond motifs is 2. The average Bonchev–Trinajstić information content (AvgIpc) is 3.40. The van der Waals surface area contributed by atoms with Crippen LogP contribution in [0.5, 0.6) is 5.75 Å². The number of hydrogen-bond donors (Lipinski definition) is 0. The molecule has 3 aromatic rings. The zero-order valence-electron chi connectivity index (χ0n) is 20.9. The number of hydrogen-bond acceptors (Lipinski definition) is 8. The van der Waals surface area contributed by atoms with Crippen LogP contribution in [0.1, 0.15) is 16.4 Å². The number of nitrogens with zero attached hydrogens (tertiary/aromatic N) is 3. The Kier molecular flexibility index (Phi) is 7.13. The molecule has 3 aliphatic rings. The Balaban J connectivity index is 1.42. The van der Waals surface area contributed by atoms with Crippen LogP contribution in [-0.2, 0) is 25.7 Å². The van der Waals surface area contributed by atoms with Crippen LogP contribution >= 0.6 is 39.0 Å². The minimum Gasteiger partial charge on any atom is -0.497 e. The lowest BCUT2D eigenvalue weighted by Crippen LogP contribution is -2.43. The zero-order valence-corrected chi connectivity index (χ0v) is 24.1. The molecule has 0 spiro atoms. The minimum absolute atomic E-state index is 0.119. The molecular formula is C27H24BrN3O6S2. The van der Waals surface area contributed by atoms with Gasteiger partial charge in [-0.1, -0.05) is 51.2 Å².